The van der Waals surface area contributed by atoms with Crippen LogP contribution in [0.2, 0.25) is 0 Å². The van der Waals surface area contributed by atoms with E-state index >= 15 is 0 Å². The van der Waals surface area contributed by atoms with E-state index in [9.17, 15) is 0 Å². The molecule has 0 radical (unpaired) electrons. The van der Waals surface area contributed by atoms with Crippen molar-refractivity contribution in [2.45, 2.75) is 19.6 Å². The molecule has 6 nitrogen and oxygen atoms in total. The third kappa shape index (κ3) is 4.37. The predicted octanol–water partition coefficient (Wildman–Crippen LogP) is 0.630. The van der Waals surface area contributed by atoms with Crippen molar-refractivity contribution < 1.29 is 4.74 Å². The van der Waals surface area contributed by atoms with Crippen LogP contribution in [0.5, 0.6) is 0 Å². The van der Waals surface area contributed by atoms with Gasteiger partial charge in [-0.15, -0.1) is 24.0 Å². The Labute approximate surface area is 124 Å². The van der Waals surface area contributed by atoms with Gasteiger partial charge in [-0.05, 0) is 19.1 Å². The van der Waals surface area contributed by atoms with Crippen LogP contribution in [-0.2, 0) is 11.3 Å². The van der Waals surface area contributed by atoms with Gasteiger partial charge in [0.15, 0.2) is 5.96 Å². The van der Waals surface area contributed by atoms with E-state index in [0.717, 1.165) is 18.8 Å². The molecule has 2 rings (SSSR count). The number of nitrogens with zero attached hydrogens (tertiary/aromatic N) is 4. The molecule has 2 N–H and O–H groups in total. The monoisotopic (exact) mass is 363 g/mol. The number of ether oxygens (including phenoxy) is 1. The van der Waals surface area contributed by atoms with Crippen molar-refractivity contribution in [3.8, 4) is 0 Å². The molecule has 1 aliphatic heterocycles. The third-order valence-electron chi connectivity index (χ3n) is 2.60. The summed E-state index contributed by atoms with van der Waals surface area (Å²) >= 11 is 0. The number of aliphatic imine (C=N–C) groups is 1. The molecule has 0 saturated carbocycles. The Morgan fingerprint density at radius 1 is 1.67 bits per heavy atom. The van der Waals surface area contributed by atoms with E-state index in [2.05, 4.69) is 15.2 Å². The van der Waals surface area contributed by atoms with Crippen molar-refractivity contribution >= 4 is 29.9 Å². The van der Waals surface area contributed by atoms with Crippen molar-refractivity contribution in [2.75, 3.05) is 19.7 Å². The Balaban J connectivity index is 0.00000162. The summed E-state index contributed by atoms with van der Waals surface area (Å²) in [5.41, 5.74) is 6.75. The summed E-state index contributed by atoms with van der Waals surface area (Å²) in [7, 11) is 0. The number of hydrogen-bond acceptors (Lipinski definition) is 4. The Bertz CT molecular complexity index is 386. The highest BCUT2D eigenvalue weighted by molar-refractivity contribution is 14.0. The fourth-order valence-electron chi connectivity index (χ4n) is 1.71. The molecule has 7 heteroatoms. The van der Waals surface area contributed by atoms with Gasteiger partial charge in [0.05, 0.1) is 24.9 Å². The first-order valence-corrected chi connectivity index (χ1v) is 5.69. The minimum absolute atomic E-state index is 0. The highest BCUT2D eigenvalue weighted by Crippen LogP contribution is 2.04. The fraction of sp³-hybridized carbons (Fsp3) is 0.545. The molecule has 1 saturated heterocycles. The van der Waals surface area contributed by atoms with Gasteiger partial charge < -0.3 is 15.4 Å². The SMILES string of the molecule is CC1CN(C(N)=NCc2cccnn2)CCO1.I. The Kier molecular flexibility index (Phi) is 6.27. The van der Waals surface area contributed by atoms with Gasteiger partial charge in [-0.1, -0.05) is 0 Å². The van der Waals surface area contributed by atoms with E-state index in [1.165, 1.54) is 0 Å². The summed E-state index contributed by atoms with van der Waals surface area (Å²) in [5, 5.41) is 7.75. The zero-order chi connectivity index (χ0) is 12.1. The maximum atomic E-state index is 5.93. The van der Waals surface area contributed by atoms with Crippen LogP contribution in [0.1, 0.15) is 12.6 Å². The molecule has 1 aromatic rings. The lowest BCUT2D eigenvalue weighted by molar-refractivity contribution is 0.00528. The van der Waals surface area contributed by atoms with Gasteiger partial charge in [0.2, 0.25) is 0 Å². The van der Waals surface area contributed by atoms with Crippen LogP contribution < -0.4 is 5.73 Å². The van der Waals surface area contributed by atoms with Crippen LogP contribution >= 0.6 is 24.0 Å². The standard InChI is InChI=1S/C11H17N5O.HI/c1-9-8-16(5-6-17-9)11(12)13-7-10-3-2-4-14-15-10;/h2-4,9H,5-8H2,1H3,(H2,12,13);1H. The highest BCUT2D eigenvalue weighted by atomic mass is 127. The number of nitrogens with two attached hydrogens (primary N) is 1. The third-order valence-corrected chi connectivity index (χ3v) is 2.60. The summed E-state index contributed by atoms with van der Waals surface area (Å²) in [4.78, 5) is 6.35. The molecule has 1 aromatic heterocycles. The summed E-state index contributed by atoms with van der Waals surface area (Å²) in [5.74, 6) is 0.547. The molecule has 1 fully saturated rings. The normalized spacial score (nSPS) is 20.4. The first-order chi connectivity index (χ1) is 8.25. The van der Waals surface area contributed by atoms with Crippen molar-refractivity contribution in [1.29, 1.82) is 0 Å². The summed E-state index contributed by atoms with van der Waals surface area (Å²) < 4.78 is 5.45. The maximum Gasteiger partial charge on any atom is 0.191 e. The average molecular weight is 363 g/mol. The number of rotatable bonds is 2. The second-order valence-corrected chi connectivity index (χ2v) is 4.02. The largest absolute Gasteiger partial charge is 0.375 e. The van der Waals surface area contributed by atoms with Gasteiger partial charge >= 0.3 is 0 Å². The van der Waals surface area contributed by atoms with Crippen LogP contribution in [0, 0.1) is 0 Å². The minimum atomic E-state index is 0. The van der Waals surface area contributed by atoms with E-state index in [4.69, 9.17) is 10.5 Å². The van der Waals surface area contributed by atoms with E-state index in [1.807, 2.05) is 24.0 Å². The topological polar surface area (TPSA) is 76.6 Å². The van der Waals surface area contributed by atoms with E-state index in [1.54, 1.807) is 6.20 Å². The first kappa shape index (κ1) is 15.1. The highest BCUT2D eigenvalue weighted by Gasteiger charge is 2.17. The second-order valence-electron chi connectivity index (χ2n) is 4.02. The maximum absolute atomic E-state index is 5.93. The molecule has 1 unspecified atom stereocenters. The fourth-order valence-corrected chi connectivity index (χ4v) is 1.71. The first-order valence-electron chi connectivity index (χ1n) is 5.69. The molecule has 18 heavy (non-hydrogen) atoms. The van der Waals surface area contributed by atoms with Crippen LogP contribution in [0.4, 0.5) is 0 Å². The molecule has 0 spiro atoms. The van der Waals surface area contributed by atoms with E-state index in [0.29, 0.717) is 19.1 Å². The van der Waals surface area contributed by atoms with Crippen molar-refractivity contribution in [2.24, 2.45) is 10.7 Å². The van der Waals surface area contributed by atoms with Gasteiger partial charge in [0, 0.05) is 19.3 Å². The second kappa shape index (κ2) is 7.47. The van der Waals surface area contributed by atoms with E-state index < -0.39 is 0 Å². The Morgan fingerprint density at radius 3 is 3.17 bits per heavy atom. The lowest BCUT2D eigenvalue weighted by atomic mass is 10.3. The van der Waals surface area contributed by atoms with Crippen LogP contribution in [-0.4, -0.2) is 46.9 Å². The number of hydrogen-bond donors (Lipinski definition) is 1. The average Bonchev–Trinajstić information content (AvgIpc) is 2.37. The van der Waals surface area contributed by atoms with Gasteiger partial charge in [-0.25, -0.2) is 4.99 Å². The zero-order valence-electron chi connectivity index (χ0n) is 10.3. The van der Waals surface area contributed by atoms with Gasteiger partial charge in [0.1, 0.15) is 0 Å². The lowest BCUT2D eigenvalue weighted by Gasteiger charge is -2.31. The number of halogens is 1. The quantitative estimate of drug-likeness (QED) is 0.474. The van der Waals surface area contributed by atoms with Gasteiger partial charge in [-0.3, -0.25) is 0 Å². The number of morpholine rings is 1. The molecule has 2 heterocycles. The van der Waals surface area contributed by atoms with Crippen LogP contribution in [0.3, 0.4) is 0 Å². The van der Waals surface area contributed by atoms with Crippen molar-refractivity contribution in [3.05, 3.63) is 24.0 Å². The Hall–Kier alpha value is -0.960. The van der Waals surface area contributed by atoms with Crippen molar-refractivity contribution in [1.82, 2.24) is 15.1 Å². The molecule has 1 atom stereocenters. The van der Waals surface area contributed by atoms with Gasteiger partial charge in [-0.2, -0.15) is 10.2 Å². The molecule has 100 valence electrons. The Morgan fingerprint density at radius 2 is 2.50 bits per heavy atom. The predicted molar refractivity (Wildman–Crippen MR) is 79.8 cm³/mol. The molecule has 0 aliphatic carbocycles. The van der Waals surface area contributed by atoms with Crippen LogP contribution in [0.25, 0.3) is 0 Å². The molecule has 0 aromatic carbocycles. The lowest BCUT2D eigenvalue weighted by Crippen LogP contribution is -2.47. The molecule has 0 bridgehead atoms. The molecule has 0 amide bonds. The zero-order valence-corrected chi connectivity index (χ0v) is 12.7. The number of aromatic nitrogens is 2. The van der Waals surface area contributed by atoms with Crippen LogP contribution in [0.15, 0.2) is 23.3 Å². The summed E-state index contributed by atoms with van der Waals surface area (Å²) in [6, 6.07) is 3.72. The molecular formula is C11H18IN5O. The number of guanidine groups is 1. The molecular weight excluding hydrogens is 345 g/mol. The minimum Gasteiger partial charge on any atom is -0.375 e. The summed E-state index contributed by atoms with van der Waals surface area (Å²) in [6.45, 7) is 4.77. The van der Waals surface area contributed by atoms with Crippen molar-refractivity contribution in [3.63, 3.8) is 0 Å². The van der Waals surface area contributed by atoms with E-state index in [-0.39, 0.29) is 30.1 Å². The molecule has 1 aliphatic rings. The smallest absolute Gasteiger partial charge is 0.191 e. The summed E-state index contributed by atoms with van der Waals surface area (Å²) in [6.07, 6.45) is 1.84. The van der Waals surface area contributed by atoms with Gasteiger partial charge in [0.25, 0.3) is 0 Å².